The highest BCUT2D eigenvalue weighted by atomic mass is 16.6. The first-order chi connectivity index (χ1) is 23.4. The predicted octanol–water partition coefficient (Wildman–Crippen LogP) is 3.42. The van der Waals surface area contributed by atoms with Crippen molar-refractivity contribution in [1.82, 2.24) is 10.6 Å². The van der Waals surface area contributed by atoms with Crippen molar-refractivity contribution in [3.63, 3.8) is 0 Å². The van der Waals surface area contributed by atoms with E-state index in [1.807, 2.05) is 24.3 Å². The number of hydrogen-bond donors (Lipinski definition) is 2. The maximum atomic E-state index is 12.8. The van der Waals surface area contributed by atoms with Crippen molar-refractivity contribution < 1.29 is 57.1 Å². The van der Waals surface area contributed by atoms with E-state index in [0.29, 0.717) is 61.5 Å². The second-order valence-electron chi connectivity index (χ2n) is 10.2. The van der Waals surface area contributed by atoms with E-state index in [2.05, 4.69) is 23.8 Å². The summed E-state index contributed by atoms with van der Waals surface area (Å²) < 4.78 is 42.9. The molecule has 262 valence electrons. The average molecular weight is 673 g/mol. The van der Waals surface area contributed by atoms with Crippen molar-refractivity contribution in [3.05, 3.63) is 60.7 Å². The van der Waals surface area contributed by atoms with Crippen LogP contribution >= 0.6 is 0 Å². The van der Waals surface area contributed by atoms with Crippen molar-refractivity contribution in [2.45, 2.75) is 25.7 Å². The molecule has 2 aromatic carbocycles. The zero-order valence-electron chi connectivity index (χ0n) is 27.1. The van der Waals surface area contributed by atoms with Crippen molar-refractivity contribution in [2.24, 2.45) is 0 Å². The van der Waals surface area contributed by atoms with Gasteiger partial charge >= 0.3 is 24.1 Å². The van der Waals surface area contributed by atoms with E-state index in [-0.39, 0.29) is 52.7 Å². The van der Waals surface area contributed by atoms with Gasteiger partial charge in [-0.05, 0) is 25.7 Å². The van der Waals surface area contributed by atoms with E-state index in [1.54, 1.807) is 0 Å². The van der Waals surface area contributed by atoms with Crippen LogP contribution in [0.2, 0.25) is 0 Å². The zero-order valence-corrected chi connectivity index (χ0v) is 27.1. The molecule has 2 amide bonds. The summed E-state index contributed by atoms with van der Waals surface area (Å²) in [6, 6.07) is 7.33. The number of benzene rings is 2. The zero-order chi connectivity index (χ0) is 34.4. The number of carbonyl (C=O) groups is 4. The maximum Gasteiger partial charge on any atom is 0.412 e. The highest BCUT2D eigenvalue weighted by Crippen LogP contribution is 2.44. The topological polar surface area (TPSA) is 166 Å². The second-order valence-corrected chi connectivity index (χ2v) is 10.2. The fourth-order valence-corrected chi connectivity index (χ4v) is 4.72. The van der Waals surface area contributed by atoms with Crippen LogP contribution in [0.1, 0.15) is 24.0 Å². The standard InChI is InChI=1S/C34H44N2O12/c1-3-29(37)45-23-21-43-19-17-41-15-13-35-33(39)47-31-25-9-5-7-11-27(25)32(28-12-8-6-10-26(28)31)48-34(40)36-14-16-42-18-20-44-22-24-46-30(38)4-2/h3-5,7,9,11H,1-2,6,8,10,12-24H2,(H,35,39)(H,36,40). The highest BCUT2D eigenvalue weighted by molar-refractivity contribution is 5.98. The van der Waals surface area contributed by atoms with Gasteiger partial charge in [0.15, 0.2) is 0 Å². The minimum absolute atomic E-state index is 0.130. The quantitative estimate of drug-likeness (QED) is 0.107. The molecule has 0 unspecified atom stereocenters. The molecule has 0 bridgehead atoms. The van der Waals surface area contributed by atoms with E-state index in [9.17, 15) is 19.2 Å². The molecule has 1 aliphatic rings. The van der Waals surface area contributed by atoms with E-state index >= 15 is 0 Å². The molecule has 0 saturated heterocycles. The lowest BCUT2D eigenvalue weighted by molar-refractivity contribution is -0.140. The number of nitrogens with one attached hydrogen (secondary N) is 2. The summed E-state index contributed by atoms with van der Waals surface area (Å²) in [7, 11) is 0. The van der Waals surface area contributed by atoms with Crippen LogP contribution in [0.5, 0.6) is 11.5 Å². The minimum atomic E-state index is -0.621. The molecule has 0 saturated carbocycles. The van der Waals surface area contributed by atoms with Crippen LogP contribution in [-0.4, -0.2) is 103 Å². The van der Waals surface area contributed by atoms with Crippen molar-refractivity contribution in [1.29, 1.82) is 0 Å². The number of carbonyl (C=O) groups excluding carboxylic acids is 4. The summed E-state index contributed by atoms with van der Waals surface area (Å²) in [6.45, 7) is 9.55. The molecule has 3 rings (SSSR count). The molecular formula is C34H44N2O12. The van der Waals surface area contributed by atoms with Gasteiger partial charge in [0.25, 0.3) is 0 Å². The van der Waals surface area contributed by atoms with Gasteiger partial charge in [-0.1, -0.05) is 37.4 Å². The van der Waals surface area contributed by atoms with E-state index < -0.39 is 24.1 Å². The van der Waals surface area contributed by atoms with Crippen LogP contribution in [0.3, 0.4) is 0 Å². The molecule has 0 aromatic heterocycles. The smallest absolute Gasteiger partial charge is 0.412 e. The summed E-state index contributed by atoms with van der Waals surface area (Å²) in [5, 5.41) is 6.73. The summed E-state index contributed by atoms with van der Waals surface area (Å²) in [6.07, 6.45) is 4.08. The molecule has 14 nitrogen and oxygen atoms in total. The Balaban J connectivity index is 1.45. The van der Waals surface area contributed by atoms with E-state index in [1.165, 1.54) is 0 Å². The molecule has 0 radical (unpaired) electrons. The maximum absolute atomic E-state index is 12.8. The van der Waals surface area contributed by atoms with Gasteiger partial charge in [0.05, 0.1) is 52.9 Å². The van der Waals surface area contributed by atoms with Crippen LogP contribution in [0, 0.1) is 0 Å². The minimum Gasteiger partial charge on any atom is -0.460 e. The van der Waals surface area contributed by atoms with Gasteiger partial charge in [-0.3, -0.25) is 0 Å². The Labute approximate surface area is 279 Å². The van der Waals surface area contributed by atoms with Gasteiger partial charge in [-0.25, -0.2) is 19.2 Å². The second kappa shape index (κ2) is 22.1. The van der Waals surface area contributed by atoms with Crippen LogP contribution in [0.25, 0.3) is 10.8 Å². The van der Waals surface area contributed by atoms with Gasteiger partial charge in [-0.2, -0.15) is 0 Å². The van der Waals surface area contributed by atoms with Crippen LogP contribution in [0.4, 0.5) is 9.59 Å². The fraction of sp³-hybridized carbons (Fsp3) is 0.471. The first kappa shape index (κ1) is 38.0. The Morgan fingerprint density at radius 2 is 0.958 bits per heavy atom. The number of amides is 2. The molecular weight excluding hydrogens is 628 g/mol. The number of hydrogen-bond acceptors (Lipinski definition) is 12. The van der Waals surface area contributed by atoms with Gasteiger partial charge in [-0.15, -0.1) is 0 Å². The molecule has 0 aliphatic heterocycles. The first-order valence-corrected chi connectivity index (χ1v) is 15.8. The summed E-state index contributed by atoms with van der Waals surface area (Å²) in [5.41, 5.74) is 1.68. The third kappa shape index (κ3) is 13.3. The van der Waals surface area contributed by atoms with Crippen LogP contribution in [-0.2, 0) is 50.9 Å². The lowest BCUT2D eigenvalue weighted by atomic mass is 9.87. The molecule has 0 atom stereocenters. The number of rotatable bonds is 22. The first-order valence-electron chi connectivity index (χ1n) is 15.8. The normalized spacial score (nSPS) is 12.0. The van der Waals surface area contributed by atoms with E-state index in [0.717, 1.165) is 36.1 Å². The SMILES string of the molecule is C=CC(=O)OCCOCCOCCNC(=O)Oc1c2c(c(OC(=O)NCCOCCOCCOC(=O)C=C)c3ccccc13)CCCC2. The largest absolute Gasteiger partial charge is 0.460 e. The molecule has 2 aromatic rings. The fourth-order valence-electron chi connectivity index (χ4n) is 4.72. The van der Waals surface area contributed by atoms with Crippen LogP contribution in [0.15, 0.2) is 49.6 Å². The summed E-state index contributed by atoms with van der Waals surface area (Å²) >= 11 is 0. The van der Waals surface area contributed by atoms with Crippen molar-refractivity contribution in [2.75, 3.05) is 79.2 Å². The number of fused-ring (bicyclic) bond motifs is 2. The Morgan fingerprint density at radius 1 is 0.583 bits per heavy atom. The van der Waals surface area contributed by atoms with Crippen molar-refractivity contribution >= 4 is 34.9 Å². The van der Waals surface area contributed by atoms with Crippen LogP contribution < -0.4 is 20.1 Å². The molecule has 0 heterocycles. The molecule has 0 spiro atoms. The van der Waals surface area contributed by atoms with E-state index in [4.69, 9.17) is 37.9 Å². The van der Waals surface area contributed by atoms with Gasteiger partial charge in [0.1, 0.15) is 24.7 Å². The molecule has 1 aliphatic carbocycles. The summed E-state index contributed by atoms with van der Waals surface area (Å²) in [5.74, 6) is -0.108. The summed E-state index contributed by atoms with van der Waals surface area (Å²) in [4.78, 5) is 47.5. The van der Waals surface area contributed by atoms with Gasteiger partial charge in [0, 0.05) is 47.1 Å². The average Bonchev–Trinajstić information content (AvgIpc) is 3.10. The molecule has 2 N–H and O–H groups in total. The number of esters is 2. The number of ether oxygens (including phenoxy) is 8. The molecule has 0 fully saturated rings. The molecule has 48 heavy (non-hydrogen) atoms. The third-order valence-corrected chi connectivity index (χ3v) is 6.87. The lowest BCUT2D eigenvalue weighted by Crippen LogP contribution is -2.31. The lowest BCUT2D eigenvalue weighted by Gasteiger charge is -2.24. The Bertz CT molecular complexity index is 1280. The highest BCUT2D eigenvalue weighted by Gasteiger charge is 2.26. The Morgan fingerprint density at radius 3 is 1.35 bits per heavy atom. The van der Waals surface area contributed by atoms with Gasteiger partial charge < -0.3 is 48.5 Å². The third-order valence-electron chi connectivity index (χ3n) is 6.87. The predicted molar refractivity (Wildman–Crippen MR) is 174 cm³/mol. The molecule has 14 heteroatoms. The monoisotopic (exact) mass is 672 g/mol. The Hall–Kier alpha value is -4.50. The van der Waals surface area contributed by atoms with Gasteiger partial charge in [0.2, 0.25) is 0 Å². The Kier molecular flexibility index (Phi) is 17.5. The van der Waals surface area contributed by atoms with Crippen molar-refractivity contribution in [3.8, 4) is 11.5 Å².